The van der Waals surface area contributed by atoms with Gasteiger partial charge in [-0.05, 0) is 56.6 Å². The van der Waals surface area contributed by atoms with Gasteiger partial charge in [-0.3, -0.25) is 0 Å². The summed E-state index contributed by atoms with van der Waals surface area (Å²) in [6.45, 7) is 6.26. The van der Waals surface area contributed by atoms with Crippen molar-refractivity contribution in [3.8, 4) is 11.3 Å². The molecule has 0 bridgehead atoms. The lowest BCUT2D eigenvalue weighted by Crippen LogP contribution is -2.16. The Balaban J connectivity index is 1.94. The lowest BCUT2D eigenvalue weighted by Gasteiger charge is -2.01. The Kier molecular flexibility index (Phi) is 5.62. The number of oxazole rings is 1. The summed E-state index contributed by atoms with van der Waals surface area (Å²) in [4.78, 5) is 4.33. The van der Waals surface area contributed by atoms with Gasteiger partial charge in [0, 0.05) is 17.0 Å². The molecule has 0 atom stereocenters. The highest BCUT2D eigenvalue weighted by Gasteiger charge is 2.07. The highest BCUT2D eigenvalue weighted by molar-refractivity contribution is 6.30. The van der Waals surface area contributed by atoms with Crippen molar-refractivity contribution in [3.05, 3.63) is 40.9 Å². The quantitative estimate of drug-likeness (QED) is 0.776. The molecule has 0 saturated carbocycles. The van der Waals surface area contributed by atoms with Crippen LogP contribution in [0.5, 0.6) is 0 Å². The third kappa shape index (κ3) is 4.36. The Morgan fingerprint density at radius 1 is 1.25 bits per heavy atom. The van der Waals surface area contributed by atoms with Gasteiger partial charge in [0.05, 0.1) is 6.20 Å². The zero-order valence-corrected chi connectivity index (χ0v) is 12.8. The third-order valence-corrected chi connectivity index (χ3v) is 3.27. The Labute approximate surface area is 125 Å². The SMILES string of the molecule is CCCNCCCc1ncc(-c2cc(C)cc(Cl)c2)o1. The second kappa shape index (κ2) is 7.46. The normalized spacial score (nSPS) is 10.9. The van der Waals surface area contributed by atoms with Crippen LogP contribution in [0, 0.1) is 6.92 Å². The zero-order chi connectivity index (χ0) is 14.4. The van der Waals surface area contributed by atoms with Crippen molar-refractivity contribution in [2.75, 3.05) is 13.1 Å². The molecule has 2 aromatic rings. The summed E-state index contributed by atoms with van der Waals surface area (Å²) in [6, 6.07) is 5.89. The number of hydrogen-bond donors (Lipinski definition) is 1. The van der Waals surface area contributed by atoms with Gasteiger partial charge in [-0.2, -0.15) is 0 Å². The molecular weight excluding hydrogens is 272 g/mol. The first-order chi connectivity index (χ1) is 9.69. The van der Waals surface area contributed by atoms with Crippen LogP contribution < -0.4 is 5.32 Å². The second-order valence-corrected chi connectivity index (χ2v) is 5.43. The van der Waals surface area contributed by atoms with Crippen LogP contribution >= 0.6 is 11.6 Å². The van der Waals surface area contributed by atoms with E-state index in [1.807, 2.05) is 19.1 Å². The highest BCUT2D eigenvalue weighted by Crippen LogP contribution is 2.25. The molecule has 1 aromatic carbocycles. The van der Waals surface area contributed by atoms with Crippen molar-refractivity contribution in [1.29, 1.82) is 0 Å². The predicted molar refractivity (Wildman–Crippen MR) is 83.2 cm³/mol. The maximum Gasteiger partial charge on any atom is 0.194 e. The fourth-order valence-corrected chi connectivity index (χ4v) is 2.39. The summed E-state index contributed by atoms with van der Waals surface area (Å²) in [7, 11) is 0. The largest absolute Gasteiger partial charge is 0.441 e. The van der Waals surface area contributed by atoms with Crippen molar-refractivity contribution in [2.45, 2.75) is 33.1 Å². The van der Waals surface area contributed by atoms with Gasteiger partial charge in [-0.1, -0.05) is 18.5 Å². The number of halogens is 1. The molecule has 1 aromatic heterocycles. The van der Waals surface area contributed by atoms with Gasteiger partial charge in [-0.25, -0.2) is 4.98 Å². The number of nitrogens with one attached hydrogen (secondary N) is 1. The molecule has 0 aliphatic rings. The Hall–Kier alpha value is -1.32. The smallest absolute Gasteiger partial charge is 0.194 e. The predicted octanol–water partition coefficient (Wildman–Crippen LogP) is 4.24. The minimum Gasteiger partial charge on any atom is -0.441 e. The van der Waals surface area contributed by atoms with Crippen molar-refractivity contribution >= 4 is 11.6 Å². The van der Waals surface area contributed by atoms with Gasteiger partial charge in [-0.15, -0.1) is 0 Å². The maximum absolute atomic E-state index is 6.07. The summed E-state index contributed by atoms with van der Waals surface area (Å²) in [5.41, 5.74) is 2.10. The number of aryl methyl sites for hydroxylation is 2. The molecule has 0 unspecified atom stereocenters. The van der Waals surface area contributed by atoms with Crippen LogP contribution in [0.1, 0.15) is 31.2 Å². The molecule has 4 heteroatoms. The number of nitrogens with zero attached hydrogens (tertiary/aromatic N) is 1. The van der Waals surface area contributed by atoms with Crippen LogP contribution in [0.2, 0.25) is 5.02 Å². The molecule has 3 nitrogen and oxygen atoms in total. The summed E-state index contributed by atoms with van der Waals surface area (Å²) < 4.78 is 5.79. The van der Waals surface area contributed by atoms with E-state index < -0.39 is 0 Å². The van der Waals surface area contributed by atoms with E-state index in [9.17, 15) is 0 Å². The van der Waals surface area contributed by atoms with Crippen LogP contribution in [-0.2, 0) is 6.42 Å². The minimum absolute atomic E-state index is 0.724. The van der Waals surface area contributed by atoms with Crippen molar-refractivity contribution in [3.63, 3.8) is 0 Å². The van der Waals surface area contributed by atoms with E-state index in [1.165, 1.54) is 0 Å². The molecule has 0 radical (unpaired) electrons. The first-order valence-corrected chi connectivity index (χ1v) is 7.50. The standard InChI is InChI=1S/C16H21ClN2O/c1-3-6-18-7-4-5-16-19-11-15(20-16)13-8-12(2)9-14(17)10-13/h8-11,18H,3-7H2,1-2H3. The number of hydrogen-bond acceptors (Lipinski definition) is 3. The third-order valence-electron chi connectivity index (χ3n) is 3.05. The molecule has 20 heavy (non-hydrogen) atoms. The zero-order valence-electron chi connectivity index (χ0n) is 12.1. The fourth-order valence-electron chi connectivity index (χ4n) is 2.10. The van der Waals surface area contributed by atoms with E-state index in [2.05, 4.69) is 23.3 Å². The van der Waals surface area contributed by atoms with Crippen molar-refractivity contribution in [2.24, 2.45) is 0 Å². The molecule has 0 fully saturated rings. The second-order valence-electron chi connectivity index (χ2n) is 4.99. The van der Waals surface area contributed by atoms with Crippen LogP contribution in [-0.4, -0.2) is 18.1 Å². The van der Waals surface area contributed by atoms with Gasteiger partial charge in [0.1, 0.15) is 0 Å². The van der Waals surface area contributed by atoms with Crippen molar-refractivity contribution in [1.82, 2.24) is 10.3 Å². The summed E-state index contributed by atoms with van der Waals surface area (Å²) in [6.07, 6.45) is 4.84. The summed E-state index contributed by atoms with van der Waals surface area (Å²) >= 11 is 6.07. The molecule has 0 spiro atoms. The molecule has 1 N–H and O–H groups in total. The molecule has 0 aliphatic carbocycles. The first-order valence-electron chi connectivity index (χ1n) is 7.12. The average Bonchev–Trinajstić information content (AvgIpc) is 2.86. The van der Waals surface area contributed by atoms with Crippen LogP contribution in [0.25, 0.3) is 11.3 Å². The summed E-state index contributed by atoms with van der Waals surface area (Å²) in [5.74, 6) is 1.57. The molecule has 1 heterocycles. The average molecular weight is 293 g/mol. The number of benzene rings is 1. The summed E-state index contributed by atoms with van der Waals surface area (Å²) in [5, 5.41) is 4.10. The Morgan fingerprint density at radius 3 is 2.85 bits per heavy atom. The van der Waals surface area contributed by atoms with E-state index in [0.717, 1.165) is 60.2 Å². The number of aromatic nitrogens is 1. The number of rotatable bonds is 7. The Morgan fingerprint density at radius 2 is 2.10 bits per heavy atom. The minimum atomic E-state index is 0.724. The molecular formula is C16H21ClN2O. The molecule has 0 aliphatic heterocycles. The molecule has 0 saturated heterocycles. The van der Waals surface area contributed by atoms with E-state index in [1.54, 1.807) is 6.20 Å². The fraction of sp³-hybridized carbons (Fsp3) is 0.438. The van der Waals surface area contributed by atoms with Crippen molar-refractivity contribution < 1.29 is 4.42 Å². The molecule has 108 valence electrons. The van der Waals surface area contributed by atoms with E-state index in [-0.39, 0.29) is 0 Å². The maximum atomic E-state index is 6.07. The highest BCUT2D eigenvalue weighted by atomic mass is 35.5. The first kappa shape index (κ1) is 15.1. The van der Waals surface area contributed by atoms with Gasteiger partial charge < -0.3 is 9.73 Å². The monoisotopic (exact) mass is 292 g/mol. The Bertz CT molecular complexity index is 531. The lowest BCUT2D eigenvalue weighted by molar-refractivity contribution is 0.491. The molecule has 2 rings (SSSR count). The van der Waals surface area contributed by atoms with Crippen LogP contribution in [0.4, 0.5) is 0 Å². The topological polar surface area (TPSA) is 38.1 Å². The van der Waals surface area contributed by atoms with E-state index >= 15 is 0 Å². The van der Waals surface area contributed by atoms with Gasteiger partial charge in [0.15, 0.2) is 11.7 Å². The lowest BCUT2D eigenvalue weighted by atomic mass is 10.1. The van der Waals surface area contributed by atoms with Gasteiger partial charge >= 0.3 is 0 Å². The van der Waals surface area contributed by atoms with Gasteiger partial charge in [0.2, 0.25) is 0 Å². The van der Waals surface area contributed by atoms with Crippen LogP contribution in [0.15, 0.2) is 28.8 Å². The van der Waals surface area contributed by atoms with E-state index in [0.29, 0.717) is 0 Å². The van der Waals surface area contributed by atoms with E-state index in [4.69, 9.17) is 16.0 Å². The van der Waals surface area contributed by atoms with Gasteiger partial charge in [0.25, 0.3) is 0 Å². The van der Waals surface area contributed by atoms with Crippen LogP contribution in [0.3, 0.4) is 0 Å². The molecule has 0 amide bonds.